The molecule has 0 amide bonds. The Kier molecular flexibility index (Phi) is 6.43. The molecule has 2 aromatic carbocycles. The molecule has 0 saturated heterocycles. The minimum atomic E-state index is -0.502. The van der Waals surface area contributed by atoms with Gasteiger partial charge in [-0.2, -0.15) is 5.26 Å². The van der Waals surface area contributed by atoms with Crippen molar-refractivity contribution in [3.8, 4) is 23.3 Å². The molecule has 7 heteroatoms. The lowest BCUT2D eigenvalue weighted by atomic mass is 9.88. The Morgan fingerprint density at radius 3 is 2.81 bits per heavy atom. The zero-order chi connectivity index (χ0) is 22.5. The van der Waals surface area contributed by atoms with Crippen molar-refractivity contribution in [3.63, 3.8) is 0 Å². The highest BCUT2D eigenvalue weighted by Crippen LogP contribution is 2.44. The number of carbonyl (C=O) groups excluding carboxylic acids is 1. The molecule has 1 unspecified atom stereocenters. The molecule has 0 fully saturated rings. The van der Waals surface area contributed by atoms with Gasteiger partial charge in [0.25, 0.3) is 0 Å². The molecule has 2 heterocycles. The maximum atomic E-state index is 12.7. The van der Waals surface area contributed by atoms with E-state index < -0.39 is 5.97 Å². The highest BCUT2D eigenvalue weighted by molar-refractivity contribution is 7.10. The van der Waals surface area contributed by atoms with E-state index in [-0.39, 0.29) is 11.8 Å². The summed E-state index contributed by atoms with van der Waals surface area (Å²) in [5, 5.41) is 11.6. The molecule has 1 aliphatic rings. The minimum Gasteiger partial charge on any atom is -0.494 e. The normalized spacial score (nSPS) is 14.8. The predicted molar refractivity (Wildman–Crippen MR) is 122 cm³/mol. The van der Waals surface area contributed by atoms with Crippen molar-refractivity contribution < 1.29 is 19.0 Å². The molecule has 1 aliphatic heterocycles. The van der Waals surface area contributed by atoms with Crippen LogP contribution in [0.4, 0.5) is 0 Å². The number of esters is 1. The van der Waals surface area contributed by atoms with Crippen LogP contribution in [0.15, 0.2) is 71.4 Å². The summed E-state index contributed by atoms with van der Waals surface area (Å²) in [7, 11) is 0. The van der Waals surface area contributed by atoms with E-state index in [9.17, 15) is 10.1 Å². The first-order chi connectivity index (χ1) is 15.6. The van der Waals surface area contributed by atoms with E-state index in [1.54, 1.807) is 47.7 Å². The van der Waals surface area contributed by atoms with Crippen molar-refractivity contribution in [1.29, 1.82) is 5.26 Å². The highest BCUT2D eigenvalue weighted by Gasteiger charge is 2.31. The van der Waals surface area contributed by atoms with Gasteiger partial charge >= 0.3 is 5.97 Å². The number of nitriles is 1. The van der Waals surface area contributed by atoms with Gasteiger partial charge in [-0.1, -0.05) is 31.5 Å². The highest BCUT2D eigenvalue weighted by atomic mass is 32.1. The van der Waals surface area contributed by atoms with E-state index in [0.717, 1.165) is 23.3 Å². The van der Waals surface area contributed by atoms with Gasteiger partial charge in [0.15, 0.2) is 0 Å². The summed E-state index contributed by atoms with van der Waals surface area (Å²) in [4.78, 5) is 13.7. The molecule has 6 nitrogen and oxygen atoms in total. The van der Waals surface area contributed by atoms with Crippen molar-refractivity contribution in [2.24, 2.45) is 5.73 Å². The van der Waals surface area contributed by atoms with Crippen LogP contribution in [0.25, 0.3) is 0 Å². The first-order valence-corrected chi connectivity index (χ1v) is 11.2. The van der Waals surface area contributed by atoms with Crippen LogP contribution in [0.5, 0.6) is 17.2 Å². The van der Waals surface area contributed by atoms with Crippen LogP contribution in [0.3, 0.4) is 0 Å². The topological polar surface area (TPSA) is 94.6 Å². The number of hydrogen-bond donors (Lipinski definition) is 1. The van der Waals surface area contributed by atoms with Gasteiger partial charge in [0.05, 0.1) is 18.1 Å². The number of ether oxygens (including phenoxy) is 3. The molecule has 0 bridgehead atoms. The van der Waals surface area contributed by atoms with Gasteiger partial charge in [0, 0.05) is 16.5 Å². The summed E-state index contributed by atoms with van der Waals surface area (Å²) >= 11 is 1.54. The van der Waals surface area contributed by atoms with Crippen LogP contribution in [0.1, 0.15) is 46.5 Å². The van der Waals surface area contributed by atoms with Crippen LogP contribution >= 0.6 is 11.3 Å². The zero-order valence-electron chi connectivity index (χ0n) is 17.5. The second-order valence-corrected chi connectivity index (χ2v) is 8.24. The molecule has 162 valence electrons. The fourth-order valence-corrected chi connectivity index (χ4v) is 4.31. The number of benzene rings is 2. The lowest BCUT2D eigenvalue weighted by Crippen LogP contribution is -2.20. The minimum absolute atomic E-state index is 0.0544. The predicted octanol–water partition coefficient (Wildman–Crippen LogP) is 5.36. The number of thiophene rings is 1. The summed E-state index contributed by atoms with van der Waals surface area (Å²) in [5.74, 6) is 0.649. The fourth-order valence-electron chi connectivity index (χ4n) is 3.46. The second kappa shape index (κ2) is 9.58. The largest absolute Gasteiger partial charge is 0.494 e. The second-order valence-electron chi connectivity index (χ2n) is 7.26. The number of rotatable bonds is 7. The summed E-state index contributed by atoms with van der Waals surface area (Å²) in [6.45, 7) is 2.69. The van der Waals surface area contributed by atoms with Crippen molar-refractivity contribution in [3.05, 3.63) is 87.4 Å². The third-order valence-electron chi connectivity index (χ3n) is 5.07. The van der Waals surface area contributed by atoms with Crippen LogP contribution < -0.4 is 19.9 Å². The monoisotopic (exact) mass is 446 g/mol. The standard InChI is InChI=1S/C25H22N2O4S/c1-2-3-11-29-17-7-4-6-16(13-17)25(28)30-18-9-10-19-21(14-18)31-24(27)20(15-26)23(19)22-8-5-12-32-22/h4-10,12-14,23H,2-3,11,27H2,1H3. The van der Waals surface area contributed by atoms with Crippen LogP contribution in [0, 0.1) is 11.3 Å². The van der Waals surface area contributed by atoms with E-state index in [0.29, 0.717) is 35.0 Å². The molecule has 0 saturated carbocycles. The Morgan fingerprint density at radius 1 is 1.19 bits per heavy atom. The maximum absolute atomic E-state index is 12.7. The molecule has 0 radical (unpaired) electrons. The van der Waals surface area contributed by atoms with Crippen LogP contribution in [-0.4, -0.2) is 12.6 Å². The van der Waals surface area contributed by atoms with Crippen LogP contribution in [0.2, 0.25) is 0 Å². The van der Waals surface area contributed by atoms with Crippen molar-refractivity contribution in [2.45, 2.75) is 25.7 Å². The molecule has 1 aromatic heterocycles. The molecule has 1 atom stereocenters. The summed E-state index contributed by atoms with van der Waals surface area (Å²) in [6, 6.07) is 18.1. The third kappa shape index (κ3) is 4.46. The van der Waals surface area contributed by atoms with Gasteiger partial charge in [-0.3, -0.25) is 0 Å². The summed E-state index contributed by atoms with van der Waals surface area (Å²) in [5.41, 5.74) is 7.58. The van der Waals surface area contributed by atoms with Gasteiger partial charge in [0.2, 0.25) is 5.88 Å². The van der Waals surface area contributed by atoms with Crippen molar-refractivity contribution in [1.82, 2.24) is 0 Å². The average Bonchev–Trinajstić information content (AvgIpc) is 3.33. The number of nitrogens with two attached hydrogens (primary N) is 1. The van der Waals surface area contributed by atoms with E-state index >= 15 is 0 Å². The van der Waals surface area contributed by atoms with E-state index in [1.165, 1.54) is 0 Å². The molecular formula is C25H22N2O4S. The molecule has 0 spiro atoms. The number of fused-ring (bicyclic) bond motifs is 1. The maximum Gasteiger partial charge on any atom is 0.343 e. The Hall–Kier alpha value is -3.76. The number of unbranched alkanes of at least 4 members (excludes halogenated alkanes) is 1. The SMILES string of the molecule is CCCCOc1cccc(C(=O)Oc2ccc3c(c2)OC(N)=C(C#N)C3c2cccs2)c1. The molecule has 0 aliphatic carbocycles. The Balaban J connectivity index is 1.56. The summed E-state index contributed by atoms with van der Waals surface area (Å²) in [6.07, 6.45) is 1.98. The molecule has 4 rings (SSSR count). The first kappa shape index (κ1) is 21.5. The zero-order valence-corrected chi connectivity index (χ0v) is 18.4. The fraction of sp³-hybridized carbons (Fsp3) is 0.200. The third-order valence-corrected chi connectivity index (χ3v) is 6.00. The molecule has 32 heavy (non-hydrogen) atoms. The average molecular weight is 447 g/mol. The first-order valence-electron chi connectivity index (χ1n) is 10.3. The van der Waals surface area contributed by atoms with E-state index in [4.69, 9.17) is 19.9 Å². The van der Waals surface area contributed by atoms with Gasteiger partial charge < -0.3 is 19.9 Å². The molecular weight excluding hydrogens is 424 g/mol. The smallest absolute Gasteiger partial charge is 0.343 e. The Morgan fingerprint density at radius 2 is 2.06 bits per heavy atom. The van der Waals surface area contributed by atoms with Gasteiger partial charge in [-0.15, -0.1) is 11.3 Å². The van der Waals surface area contributed by atoms with Crippen molar-refractivity contribution >= 4 is 17.3 Å². The Bertz CT molecular complexity index is 1190. The number of carbonyl (C=O) groups is 1. The Labute approximate surface area is 190 Å². The van der Waals surface area contributed by atoms with Gasteiger partial charge in [-0.05, 0) is 42.1 Å². The summed E-state index contributed by atoms with van der Waals surface area (Å²) < 4.78 is 16.9. The molecule has 3 aromatic rings. The van der Waals surface area contributed by atoms with Gasteiger partial charge in [0.1, 0.15) is 28.9 Å². The van der Waals surface area contributed by atoms with Crippen LogP contribution in [-0.2, 0) is 0 Å². The molecule has 2 N–H and O–H groups in total. The number of hydrogen-bond acceptors (Lipinski definition) is 7. The van der Waals surface area contributed by atoms with Crippen molar-refractivity contribution in [2.75, 3.05) is 6.61 Å². The quantitative estimate of drug-likeness (QED) is 0.298. The number of allylic oxidation sites excluding steroid dienone is 1. The lowest BCUT2D eigenvalue weighted by Gasteiger charge is -2.25. The van der Waals surface area contributed by atoms with E-state index in [2.05, 4.69) is 13.0 Å². The van der Waals surface area contributed by atoms with E-state index in [1.807, 2.05) is 23.6 Å². The lowest BCUT2D eigenvalue weighted by molar-refractivity contribution is 0.0734. The number of nitrogens with zero attached hydrogens (tertiary/aromatic N) is 1. The van der Waals surface area contributed by atoms with Gasteiger partial charge in [-0.25, -0.2) is 4.79 Å².